The first kappa shape index (κ1) is 19.6. The Balaban J connectivity index is 1.55. The number of rotatable bonds is 6. The number of nitrogens with zero attached hydrogens (tertiary/aromatic N) is 1. The number of hydrogen-bond acceptors (Lipinski definition) is 5. The van der Waals surface area contributed by atoms with E-state index in [4.69, 9.17) is 4.42 Å². The van der Waals surface area contributed by atoms with Crippen LogP contribution in [0.2, 0.25) is 0 Å². The topological polar surface area (TPSA) is 100 Å². The highest BCUT2D eigenvalue weighted by atomic mass is 16.4. The number of anilines is 1. The van der Waals surface area contributed by atoms with Gasteiger partial charge < -0.3 is 4.42 Å². The quantitative estimate of drug-likeness (QED) is 0.459. The first-order chi connectivity index (χ1) is 14.5. The second kappa shape index (κ2) is 8.34. The molecule has 0 bridgehead atoms. The van der Waals surface area contributed by atoms with Crippen molar-refractivity contribution in [3.8, 4) is 0 Å². The molecule has 0 fully saturated rings. The smallest absolute Gasteiger partial charge is 0.277 e. The molecule has 4 aromatic rings. The Hall–Kier alpha value is -3.71. The van der Waals surface area contributed by atoms with Crippen LogP contribution >= 0.6 is 0 Å². The van der Waals surface area contributed by atoms with Crippen molar-refractivity contribution in [1.29, 1.82) is 0 Å². The normalized spacial score (nSPS) is 11.2. The van der Waals surface area contributed by atoms with Crippen LogP contribution in [0.15, 0.2) is 69.9 Å². The van der Waals surface area contributed by atoms with Gasteiger partial charge in [-0.3, -0.25) is 20.2 Å². The molecule has 30 heavy (non-hydrogen) atoms. The molecule has 2 heterocycles. The molecule has 2 aromatic heterocycles. The molecule has 0 unspecified atom stereocenters. The Morgan fingerprint density at radius 1 is 1.00 bits per heavy atom. The standard InChI is InChI=1S/C23H22N4O3/c1-14-19-15(2)30-23(20(19)22(29)27-26-14)25-18(28)13-24-21(16-9-5-3-6-10-16)17-11-7-4-8-12-17/h3-12,21,24H,13H2,1-2H3,(H,25,28)(H,27,29). The van der Waals surface area contributed by atoms with Crippen molar-refractivity contribution >= 4 is 22.6 Å². The second-order valence-corrected chi connectivity index (χ2v) is 7.06. The van der Waals surface area contributed by atoms with Gasteiger partial charge in [0.1, 0.15) is 11.1 Å². The molecule has 4 rings (SSSR count). The Morgan fingerprint density at radius 2 is 1.60 bits per heavy atom. The van der Waals surface area contributed by atoms with Crippen LogP contribution < -0.4 is 16.2 Å². The molecular formula is C23H22N4O3. The maximum atomic E-state index is 12.7. The number of carbonyl (C=O) groups excluding carboxylic acids is 1. The summed E-state index contributed by atoms with van der Waals surface area (Å²) in [6, 6.07) is 19.7. The van der Waals surface area contributed by atoms with E-state index in [2.05, 4.69) is 20.8 Å². The highest BCUT2D eigenvalue weighted by Gasteiger charge is 2.20. The maximum Gasteiger partial charge on any atom is 0.277 e. The summed E-state index contributed by atoms with van der Waals surface area (Å²) in [7, 11) is 0. The van der Waals surface area contributed by atoms with Crippen molar-refractivity contribution in [2.45, 2.75) is 19.9 Å². The van der Waals surface area contributed by atoms with E-state index in [1.807, 2.05) is 60.7 Å². The molecule has 0 spiro atoms. The fourth-order valence-electron chi connectivity index (χ4n) is 3.62. The van der Waals surface area contributed by atoms with E-state index >= 15 is 0 Å². The number of carbonyl (C=O) groups is 1. The molecule has 0 aliphatic carbocycles. The zero-order chi connectivity index (χ0) is 21.1. The lowest BCUT2D eigenvalue weighted by atomic mass is 9.99. The number of H-pyrrole nitrogens is 1. The van der Waals surface area contributed by atoms with Gasteiger partial charge in [0.2, 0.25) is 11.8 Å². The van der Waals surface area contributed by atoms with E-state index in [0.29, 0.717) is 22.2 Å². The number of nitrogens with one attached hydrogen (secondary N) is 3. The van der Waals surface area contributed by atoms with Gasteiger partial charge >= 0.3 is 0 Å². The summed E-state index contributed by atoms with van der Waals surface area (Å²) in [6.45, 7) is 3.56. The number of amides is 1. The average molecular weight is 402 g/mol. The van der Waals surface area contributed by atoms with Crippen molar-refractivity contribution in [3.63, 3.8) is 0 Å². The molecule has 0 aliphatic rings. The number of aromatic amines is 1. The van der Waals surface area contributed by atoms with Crippen molar-refractivity contribution in [3.05, 3.63) is 93.6 Å². The second-order valence-electron chi connectivity index (χ2n) is 7.06. The van der Waals surface area contributed by atoms with Crippen molar-refractivity contribution in [2.75, 3.05) is 11.9 Å². The van der Waals surface area contributed by atoms with E-state index in [0.717, 1.165) is 11.1 Å². The number of hydrogen-bond donors (Lipinski definition) is 3. The van der Waals surface area contributed by atoms with Gasteiger partial charge in [0, 0.05) is 0 Å². The van der Waals surface area contributed by atoms with Crippen LogP contribution in [0.5, 0.6) is 0 Å². The summed E-state index contributed by atoms with van der Waals surface area (Å²) < 4.78 is 5.65. The lowest BCUT2D eigenvalue weighted by Gasteiger charge is -2.19. The Bertz CT molecular complexity index is 1190. The Morgan fingerprint density at radius 3 is 2.20 bits per heavy atom. The fourth-order valence-corrected chi connectivity index (χ4v) is 3.62. The van der Waals surface area contributed by atoms with Gasteiger partial charge in [-0.2, -0.15) is 5.10 Å². The molecule has 1 amide bonds. The summed E-state index contributed by atoms with van der Waals surface area (Å²) in [5.41, 5.74) is 2.34. The summed E-state index contributed by atoms with van der Waals surface area (Å²) in [5, 5.41) is 13.3. The first-order valence-corrected chi connectivity index (χ1v) is 9.66. The SMILES string of the molecule is Cc1n[nH]c(=O)c2c(NC(=O)CNC(c3ccccc3)c3ccccc3)oc(C)c12. The third-order valence-electron chi connectivity index (χ3n) is 4.98. The van der Waals surface area contributed by atoms with Crippen molar-refractivity contribution in [2.24, 2.45) is 0 Å². The van der Waals surface area contributed by atoms with Gasteiger partial charge in [-0.1, -0.05) is 60.7 Å². The fraction of sp³-hybridized carbons (Fsp3) is 0.174. The molecule has 152 valence electrons. The van der Waals surface area contributed by atoms with Crippen LogP contribution in [0.4, 0.5) is 5.88 Å². The minimum absolute atomic E-state index is 0.0394. The maximum absolute atomic E-state index is 12.7. The molecule has 0 atom stereocenters. The molecule has 0 radical (unpaired) electrons. The zero-order valence-electron chi connectivity index (χ0n) is 16.7. The highest BCUT2D eigenvalue weighted by molar-refractivity contribution is 6.01. The number of aryl methyl sites for hydroxylation is 2. The third kappa shape index (κ3) is 3.88. The van der Waals surface area contributed by atoms with Gasteiger partial charge in [-0.25, -0.2) is 5.10 Å². The minimum atomic E-state index is -0.401. The number of benzene rings is 2. The van der Waals surface area contributed by atoms with Crippen LogP contribution in [0, 0.1) is 13.8 Å². The van der Waals surface area contributed by atoms with E-state index in [1.165, 1.54) is 0 Å². The van der Waals surface area contributed by atoms with Crippen molar-refractivity contribution in [1.82, 2.24) is 15.5 Å². The van der Waals surface area contributed by atoms with Crippen LogP contribution in [0.3, 0.4) is 0 Å². The predicted octanol–water partition coefficient (Wildman–Crippen LogP) is 3.45. The summed E-state index contributed by atoms with van der Waals surface area (Å²) >= 11 is 0. The van der Waals surface area contributed by atoms with Gasteiger partial charge in [0.15, 0.2) is 0 Å². The third-order valence-corrected chi connectivity index (χ3v) is 4.98. The lowest BCUT2D eigenvalue weighted by molar-refractivity contribution is -0.115. The Labute approximate surface area is 173 Å². The molecule has 0 aliphatic heterocycles. The molecule has 7 nitrogen and oxygen atoms in total. The zero-order valence-corrected chi connectivity index (χ0v) is 16.7. The molecule has 2 aromatic carbocycles. The first-order valence-electron chi connectivity index (χ1n) is 9.66. The number of fused-ring (bicyclic) bond motifs is 1. The van der Waals surface area contributed by atoms with Crippen LogP contribution in [-0.4, -0.2) is 22.6 Å². The summed E-state index contributed by atoms with van der Waals surface area (Å²) in [4.78, 5) is 24.9. The van der Waals surface area contributed by atoms with Crippen LogP contribution in [0.1, 0.15) is 28.6 Å². The highest BCUT2D eigenvalue weighted by Crippen LogP contribution is 2.28. The van der Waals surface area contributed by atoms with Gasteiger partial charge in [-0.15, -0.1) is 0 Å². The lowest BCUT2D eigenvalue weighted by Crippen LogP contribution is -2.32. The molecular weight excluding hydrogens is 380 g/mol. The van der Waals surface area contributed by atoms with Crippen LogP contribution in [0.25, 0.3) is 10.8 Å². The molecule has 7 heteroatoms. The van der Waals surface area contributed by atoms with E-state index in [9.17, 15) is 9.59 Å². The average Bonchev–Trinajstić information content (AvgIpc) is 3.09. The summed E-state index contributed by atoms with van der Waals surface area (Å²) in [5.74, 6) is 0.365. The Kier molecular flexibility index (Phi) is 5.45. The predicted molar refractivity (Wildman–Crippen MR) is 115 cm³/mol. The summed E-state index contributed by atoms with van der Waals surface area (Å²) in [6.07, 6.45) is 0. The van der Waals surface area contributed by atoms with E-state index in [1.54, 1.807) is 13.8 Å². The minimum Gasteiger partial charge on any atom is -0.444 e. The number of furan rings is 1. The van der Waals surface area contributed by atoms with Crippen LogP contribution in [-0.2, 0) is 4.79 Å². The molecule has 0 saturated heterocycles. The molecule has 0 saturated carbocycles. The largest absolute Gasteiger partial charge is 0.444 e. The van der Waals surface area contributed by atoms with Crippen molar-refractivity contribution < 1.29 is 9.21 Å². The van der Waals surface area contributed by atoms with Gasteiger partial charge in [0.25, 0.3) is 5.56 Å². The number of aromatic nitrogens is 2. The van der Waals surface area contributed by atoms with Gasteiger partial charge in [-0.05, 0) is 25.0 Å². The van der Waals surface area contributed by atoms with E-state index in [-0.39, 0.29) is 24.4 Å². The van der Waals surface area contributed by atoms with E-state index < -0.39 is 5.56 Å². The molecule has 3 N–H and O–H groups in total. The monoisotopic (exact) mass is 402 g/mol. The van der Waals surface area contributed by atoms with Gasteiger partial charge in [0.05, 0.1) is 23.7 Å².